The maximum absolute atomic E-state index is 10.9. The Hall–Kier alpha value is -1.46. The first-order chi connectivity index (χ1) is 7.41. The van der Waals surface area contributed by atoms with Gasteiger partial charge in [-0.3, -0.25) is 4.79 Å². The van der Waals surface area contributed by atoms with Gasteiger partial charge in [-0.1, -0.05) is 23.2 Å². The predicted molar refractivity (Wildman–Crippen MR) is 58.1 cm³/mol. The second kappa shape index (κ2) is 5.05. The quantitative estimate of drug-likeness (QED) is 0.863. The van der Waals surface area contributed by atoms with Crippen molar-refractivity contribution in [2.75, 3.05) is 6.61 Å². The third-order valence-corrected chi connectivity index (χ3v) is 2.10. The zero-order chi connectivity index (χ0) is 12.3. The Kier molecular flexibility index (Phi) is 3.98. The van der Waals surface area contributed by atoms with Crippen LogP contribution in [0.15, 0.2) is 12.1 Å². The summed E-state index contributed by atoms with van der Waals surface area (Å²) in [6, 6.07) is 2.48. The maximum Gasteiger partial charge on any atom is 0.339 e. The number of halogens is 2. The summed E-state index contributed by atoms with van der Waals surface area (Å²) in [5, 5.41) is 9.03. The minimum Gasteiger partial charge on any atom is -0.481 e. The molecule has 0 saturated carbocycles. The van der Waals surface area contributed by atoms with Gasteiger partial charge in [-0.2, -0.15) is 0 Å². The number of benzene rings is 1. The Bertz CT molecular complexity index is 447. The van der Waals surface area contributed by atoms with Crippen LogP contribution in [0.1, 0.15) is 10.4 Å². The molecule has 0 aliphatic rings. The van der Waals surface area contributed by atoms with Gasteiger partial charge in [0.15, 0.2) is 12.4 Å². The number of carbonyl (C=O) groups is 2. The fraction of sp³-hybridized carbons (Fsp3) is 0.111. The monoisotopic (exact) mass is 263 g/mol. The van der Waals surface area contributed by atoms with E-state index in [0.29, 0.717) is 0 Å². The van der Waals surface area contributed by atoms with Gasteiger partial charge in [0.1, 0.15) is 5.56 Å². The van der Waals surface area contributed by atoms with Crippen molar-refractivity contribution in [3.63, 3.8) is 0 Å². The highest BCUT2D eigenvalue weighted by Gasteiger charge is 2.17. The van der Waals surface area contributed by atoms with Crippen LogP contribution in [0.4, 0.5) is 0 Å². The van der Waals surface area contributed by atoms with Crippen LogP contribution in [-0.4, -0.2) is 23.6 Å². The van der Waals surface area contributed by atoms with Gasteiger partial charge in [0, 0.05) is 5.02 Å². The Morgan fingerprint density at radius 3 is 2.50 bits per heavy atom. The molecule has 0 aliphatic heterocycles. The van der Waals surface area contributed by atoms with Gasteiger partial charge in [-0.25, -0.2) is 4.79 Å². The molecule has 0 atom stereocenters. The van der Waals surface area contributed by atoms with Gasteiger partial charge in [0.2, 0.25) is 0 Å². The van der Waals surface area contributed by atoms with E-state index in [1.54, 1.807) is 0 Å². The number of hydrogen-bond acceptors (Lipinski definition) is 3. The molecule has 0 aliphatic carbocycles. The van der Waals surface area contributed by atoms with E-state index < -0.39 is 18.5 Å². The molecule has 0 aromatic heterocycles. The minimum absolute atomic E-state index is 0.00569. The standard InChI is InChI=1S/C9H7Cl2NO4/c10-4-1-5(9(14)15)8(6(11)2-4)16-3-7(12)13/h1-2H,3H2,(H2,12,13)(H,14,15). The summed E-state index contributed by atoms with van der Waals surface area (Å²) >= 11 is 11.4. The molecule has 16 heavy (non-hydrogen) atoms. The maximum atomic E-state index is 10.9. The third kappa shape index (κ3) is 3.01. The second-order valence-corrected chi connectivity index (χ2v) is 3.67. The van der Waals surface area contributed by atoms with Gasteiger partial charge in [-0.15, -0.1) is 0 Å². The number of primary amides is 1. The molecule has 1 amide bonds. The normalized spacial score (nSPS) is 9.88. The van der Waals surface area contributed by atoms with E-state index in [4.69, 9.17) is 38.8 Å². The second-order valence-electron chi connectivity index (χ2n) is 2.82. The number of nitrogens with two attached hydrogens (primary N) is 1. The largest absolute Gasteiger partial charge is 0.481 e. The van der Waals surface area contributed by atoms with Gasteiger partial charge < -0.3 is 15.6 Å². The molecule has 0 heterocycles. The Morgan fingerprint density at radius 2 is 2.00 bits per heavy atom. The number of amides is 1. The molecule has 0 fully saturated rings. The molecule has 86 valence electrons. The molecular formula is C9H7Cl2NO4. The van der Waals surface area contributed by atoms with Crippen LogP contribution < -0.4 is 10.5 Å². The lowest BCUT2D eigenvalue weighted by Crippen LogP contribution is -2.21. The summed E-state index contributed by atoms with van der Waals surface area (Å²) in [5.74, 6) is -2.12. The van der Waals surface area contributed by atoms with E-state index in [2.05, 4.69) is 0 Å². The van der Waals surface area contributed by atoms with Crippen LogP contribution in [0.3, 0.4) is 0 Å². The van der Waals surface area contributed by atoms with Gasteiger partial charge in [0.05, 0.1) is 5.02 Å². The van der Waals surface area contributed by atoms with E-state index in [0.717, 1.165) is 0 Å². The van der Waals surface area contributed by atoms with E-state index in [1.165, 1.54) is 12.1 Å². The summed E-state index contributed by atoms with van der Waals surface area (Å²) in [7, 11) is 0. The minimum atomic E-state index is -1.26. The molecule has 0 radical (unpaired) electrons. The lowest BCUT2D eigenvalue weighted by molar-refractivity contribution is -0.119. The highest BCUT2D eigenvalue weighted by atomic mass is 35.5. The molecule has 1 rings (SSSR count). The SMILES string of the molecule is NC(=O)COc1c(Cl)cc(Cl)cc1C(=O)O. The average molecular weight is 264 g/mol. The number of rotatable bonds is 4. The third-order valence-electron chi connectivity index (χ3n) is 1.60. The number of carboxylic acid groups (broad SMARTS) is 1. The molecule has 5 nitrogen and oxygen atoms in total. The highest BCUT2D eigenvalue weighted by molar-refractivity contribution is 6.36. The topological polar surface area (TPSA) is 89.6 Å². The van der Waals surface area contributed by atoms with Gasteiger partial charge in [-0.05, 0) is 12.1 Å². The fourth-order valence-electron chi connectivity index (χ4n) is 1.01. The van der Waals surface area contributed by atoms with Crippen LogP contribution in [0.25, 0.3) is 0 Å². The molecule has 7 heteroatoms. The molecule has 1 aromatic carbocycles. The smallest absolute Gasteiger partial charge is 0.339 e. The molecule has 1 aromatic rings. The van der Waals surface area contributed by atoms with Crippen molar-refractivity contribution in [2.24, 2.45) is 5.73 Å². The van der Waals surface area contributed by atoms with Crippen molar-refractivity contribution in [3.8, 4) is 5.75 Å². The highest BCUT2D eigenvalue weighted by Crippen LogP contribution is 2.32. The van der Waals surface area contributed by atoms with Crippen molar-refractivity contribution >= 4 is 35.1 Å². The Labute approximate surface area is 101 Å². The number of aromatic carboxylic acids is 1. The molecule has 3 N–H and O–H groups in total. The van der Waals surface area contributed by atoms with Crippen molar-refractivity contribution in [2.45, 2.75) is 0 Å². The summed E-state index contributed by atoms with van der Waals surface area (Å²) < 4.78 is 4.90. The van der Waals surface area contributed by atoms with Crippen LogP contribution >= 0.6 is 23.2 Å². The number of carboxylic acids is 1. The molecule has 0 bridgehead atoms. The number of hydrogen-bond donors (Lipinski definition) is 2. The first kappa shape index (κ1) is 12.6. The molecule has 0 saturated heterocycles. The van der Waals surface area contributed by atoms with Crippen molar-refractivity contribution in [1.82, 2.24) is 0 Å². The van der Waals surface area contributed by atoms with E-state index in [-0.39, 0.29) is 21.4 Å². The van der Waals surface area contributed by atoms with Crippen LogP contribution in [-0.2, 0) is 4.79 Å². The van der Waals surface area contributed by atoms with E-state index in [1.807, 2.05) is 0 Å². The van der Waals surface area contributed by atoms with Crippen LogP contribution in [0.5, 0.6) is 5.75 Å². The van der Waals surface area contributed by atoms with Crippen molar-refractivity contribution < 1.29 is 19.4 Å². The predicted octanol–water partition coefficient (Wildman–Crippen LogP) is 1.56. The first-order valence-electron chi connectivity index (χ1n) is 4.05. The average Bonchev–Trinajstić information content (AvgIpc) is 2.14. The van der Waals surface area contributed by atoms with Crippen molar-refractivity contribution in [3.05, 3.63) is 27.7 Å². The molecule has 0 unspecified atom stereocenters. The van der Waals surface area contributed by atoms with Crippen molar-refractivity contribution in [1.29, 1.82) is 0 Å². The van der Waals surface area contributed by atoms with Crippen LogP contribution in [0.2, 0.25) is 10.0 Å². The number of carbonyl (C=O) groups excluding carboxylic acids is 1. The fourth-order valence-corrected chi connectivity index (χ4v) is 1.56. The van der Waals surface area contributed by atoms with Gasteiger partial charge in [0.25, 0.3) is 5.91 Å². The lowest BCUT2D eigenvalue weighted by Gasteiger charge is -2.09. The van der Waals surface area contributed by atoms with Crippen LogP contribution in [0, 0.1) is 0 Å². The summed E-state index contributed by atoms with van der Waals surface area (Å²) in [5.41, 5.74) is 4.64. The Morgan fingerprint density at radius 1 is 1.38 bits per heavy atom. The summed E-state index contributed by atoms with van der Waals surface area (Å²) in [4.78, 5) is 21.4. The first-order valence-corrected chi connectivity index (χ1v) is 4.81. The zero-order valence-corrected chi connectivity index (χ0v) is 9.38. The number of ether oxygens (including phenoxy) is 1. The van der Waals surface area contributed by atoms with Gasteiger partial charge >= 0.3 is 5.97 Å². The molecule has 0 spiro atoms. The Balaban J connectivity index is 3.14. The molecular weight excluding hydrogens is 257 g/mol. The van der Waals surface area contributed by atoms with E-state index >= 15 is 0 Å². The zero-order valence-electron chi connectivity index (χ0n) is 7.87. The summed E-state index contributed by atoms with van der Waals surface area (Å²) in [6.07, 6.45) is 0. The summed E-state index contributed by atoms with van der Waals surface area (Å²) in [6.45, 7) is -0.457. The lowest BCUT2D eigenvalue weighted by atomic mass is 10.2. The van der Waals surface area contributed by atoms with E-state index in [9.17, 15) is 9.59 Å².